The standard InChI is InChI=1S/C20H13Cl2F4N3O2/c1-29-16(9-13(21)17(29)22)19(31)28-15-7-6-10(8-12(15)20(24,25)26)27-18(30)11-4-2-3-5-14(11)23/h2-9H,1H3,(H,27,30)(H,28,31). The van der Waals surface area contributed by atoms with Crippen molar-refractivity contribution in [1.29, 1.82) is 0 Å². The second kappa shape index (κ2) is 8.60. The first-order chi connectivity index (χ1) is 14.5. The highest BCUT2D eigenvalue weighted by Gasteiger charge is 2.35. The maximum Gasteiger partial charge on any atom is 0.418 e. The lowest BCUT2D eigenvalue weighted by molar-refractivity contribution is -0.136. The van der Waals surface area contributed by atoms with Crippen molar-refractivity contribution in [3.05, 3.63) is 81.3 Å². The van der Waals surface area contributed by atoms with Crippen LogP contribution in [0.5, 0.6) is 0 Å². The molecule has 31 heavy (non-hydrogen) atoms. The van der Waals surface area contributed by atoms with Gasteiger partial charge in [-0.2, -0.15) is 13.2 Å². The number of nitrogens with zero attached hydrogens (tertiary/aromatic N) is 1. The van der Waals surface area contributed by atoms with E-state index in [9.17, 15) is 27.2 Å². The van der Waals surface area contributed by atoms with E-state index >= 15 is 0 Å². The zero-order valence-corrected chi connectivity index (χ0v) is 17.2. The van der Waals surface area contributed by atoms with Gasteiger partial charge in [0.1, 0.15) is 16.7 Å². The summed E-state index contributed by atoms with van der Waals surface area (Å²) in [5, 5.41) is 4.50. The van der Waals surface area contributed by atoms with Gasteiger partial charge in [-0.3, -0.25) is 9.59 Å². The summed E-state index contributed by atoms with van der Waals surface area (Å²) < 4.78 is 55.7. The van der Waals surface area contributed by atoms with E-state index < -0.39 is 35.1 Å². The molecule has 1 heterocycles. The van der Waals surface area contributed by atoms with Crippen molar-refractivity contribution in [3.63, 3.8) is 0 Å². The molecule has 0 aliphatic carbocycles. The monoisotopic (exact) mass is 473 g/mol. The highest BCUT2D eigenvalue weighted by atomic mass is 35.5. The van der Waals surface area contributed by atoms with Crippen molar-refractivity contribution < 1.29 is 27.2 Å². The highest BCUT2D eigenvalue weighted by molar-refractivity contribution is 6.42. The molecule has 0 bridgehead atoms. The number of hydrogen-bond donors (Lipinski definition) is 2. The summed E-state index contributed by atoms with van der Waals surface area (Å²) in [4.78, 5) is 24.6. The summed E-state index contributed by atoms with van der Waals surface area (Å²) >= 11 is 11.7. The van der Waals surface area contributed by atoms with E-state index in [2.05, 4.69) is 10.6 Å². The molecular formula is C20H13Cl2F4N3O2. The Bertz CT molecular complexity index is 1180. The summed E-state index contributed by atoms with van der Waals surface area (Å²) in [5.74, 6) is -2.61. The Labute approximate surface area is 183 Å². The average Bonchev–Trinajstić information content (AvgIpc) is 2.96. The molecule has 0 unspecified atom stereocenters. The number of aromatic nitrogens is 1. The number of rotatable bonds is 4. The van der Waals surface area contributed by atoms with Crippen molar-refractivity contribution in [2.75, 3.05) is 10.6 Å². The van der Waals surface area contributed by atoms with Crippen LogP contribution in [0, 0.1) is 5.82 Å². The van der Waals surface area contributed by atoms with Crippen LogP contribution in [0.3, 0.4) is 0 Å². The number of benzene rings is 2. The third-order valence-corrected chi connectivity index (χ3v) is 5.14. The Balaban J connectivity index is 1.90. The Hall–Kier alpha value is -3.04. The van der Waals surface area contributed by atoms with E-state index in [1.807, 2.05) is 0 Å². The number of amides is 2. The highest BCUT2D eigenvalue weighted by Crippen LogP contribution is 2.37. The zero-order valence-electron chi connectivity index (χ0n) is 15.7. The smallest absolute Gasteiger partial charge is 0.329 e. The molecule has 5 nitrogen and oxygen atoms in total. The van der Waals surface area contributed by atoms with Gasteiger partial charge < -0.3 is 15.2 Å². The predicted molar refractivity (Wildman–Crippen MR) is 109 cm³/mol. The third kappa shape index (κ3) is 4.83. The van der Waals surface area contributed by atoms with Crippen LogP contribution >= 0.6 is 23.2 Å². The van der Waals surface area contributed by atoms with Crippen LogP contribution < -0.4 is 10.6 Å². The molecule has 11 heteroatoms. The van der Waals surface area contributed by atoms with E-state index in [1.54, 1.807) is 0 Å². The average molecular weight is 474 g/mol. The molecule has 0 radical (unpaired) electrons. The minimum atomic E-state index is -4.86. The number of anilines is 2. The van der Waals surface area contributed by atoms with Gasteiger partial charge in [0, 0.05) is 12.7 Å². The molecule has 0 aliphatic rings. The number of alkyl halides is 3. The third-order valence-electron chi connectivity index (χ3n) is 4.30. The molecule has 0 saturated carbocycles. The molecule has 0 spiro atoms. The Kier molecular flexibility index (Phi) is 6.28. The molecule has 2 aromatic carbocycles. The summed E-state index contributed by atoms with van der Waals surface area (Å²) in [6.07, 6.45) is -4.86. The Morgan fingerprint density at radius 1 is 0.968 bits per heavy atom. The number of halogens is 6. The van der Waals surface area contributed by atoms with Gasteiger partial charge in [0.05, 0.1) is 21.8 Å². The first kappa shape index (κ1) is 22.6. The van der Waals surface area contributed by atoms with E-state index in [0.29, 0.717) is 6.07 Å². The molecule has 0 fully saturated rings. The SMILES string of the molecule is Cn1c(C(=O)Nc2ccc(NC(=O)c3ccccc3F)cc2C(F)(F)F)cc(Cl)c1Cl. The second-order valence-corrected chi connectivity index (χ2v) is 7.14. The molecule has 0 atom stereocenters. The molecule has 2 amide bonds. The molecule has 1 aromatic heterocycles. The van der Waals surface area contributed by atoms with Gasteiger partial charge in [0.15, 0.2) is 0 Å². The zero-order chi connectivity index (χ0) is 22.9. The minimum absolute atomic E-state index is 0.0501. The van der Waals surface area contributed by atoms with Crippen molar-refractivity contribution in [3.8, 4) is 0 Å². The fraction of sp³-hybridized carbons (Fsp3) is 0.100. The minimum Gasteiger partial charge on any atom is -0.329 e. The lowest BCUT2D eigenvalue weighted by Gasteiger charge is -2.16. The fourth-order valence-electron chi connectivity index (χ4n) is 2.76. The largest absolute Gasteiger partial charge is 0.418 e. The first-order valence-corrected chi connectivity index (χ1v) is 9.34. The molecule has 2 N–H and O–H groups in total. The predicted octanol–water partition coefficient (Wildman–Crippen LogP) is 5.99. The summed E-state index contributed by atoms with van der Waals surface area (Å²) in [6, 6.07) is 9.02. The second-order valence-electron chi connectivity index (χ2n) is 6.37. The lowest BCUT2D eigenvalue weighted by Crippen LogP contribution is -2.20. The van der Waals surface area contributed by atoms with E-state index in [-0.39, 0.29) is 27.1 Å². The van der Waals surface area contributed by atoms with Crippen LogP contribution in [0.4, 0.5) is 28.9 Å². The summed E-state index contributed by atoms with van der Waals surface area (Å²) in [6.45, 7) is 0. The first-order valence-electron chi connectivity index (χ1n) is 8.58. The van der Waals surface area contributed by atoms with E-state index in [1.165, 1.54) is 35.9 Å². The number of nitrogens with one attached hydrogen (secondary N) is 2. The van der Waals surface area contributed by atoms with Gasteiger partial charge in [-0.1, -0.05) is 35.3 Å². The molecule has 3 rings (SSSR count). The van der Waals surface area contributed by atoms with Crippen LogP contribution in [-0.2, 0) is 13.2 Å². The van der Waals surface area contributed by atoms with Crippen LogP contribution in [0.2, 0.25) is 10.2 Å². The van der Waals surface area contributed by atoms with Gasteiger partial charge >= 0.3 is 6.18 Å². The maximum absolute atomic E-state index is 13.7. The van der Waals surface area contributed by atoms with Gasteiger partial charge in [-0.25, -0.2) is 4.39 Å². The Morgan fingerprint density at radius 3 is 2.23 bits per heavy atom. The van der Waals surface area contributed by atoms with Gasteiger partial charge in [0.25, 0.3) is 11.8 Å². The molecule has 162 valence electrons. The topological polar surface area (TPSA) is 63.1 Å². The van der Waals surface area contributed by atoms with Crippen LogP contribution in [-0.4, -0.2) is 16.4 Å². The maximum atomic E-state index is 13.7. The molecule has 0 aliphatic heterocycles. The van der Waals surface area contributed by atoms with Crippen molar-refractivity contribution in [2.45, 2.75) is 6.18 Å². The quantitative estimate of drug-likeness (QED) is 0.456. The number of carbonyl (C=O) groups excluding carboxylic acids is 2. The van der Waals surface area contributed by atoms with Crippen LogP contribution in [0.15, 0.2) is 48.5 Å². The van der Waals surface area contributed by atoms with Crippen molar-refractivity contribution >= 4 is 46.4 Å². The van der Waals surface area contributed by atoms with Gasteiger partial charge in [-0.15, -0.1) is 0 Å². The van der Waals surface area contributed by atoms with Gasteiger partial charge in [-0.05, 0) is 36.4 Å². The summed E-state index contributed by atoms with van der Waals surface area (Å²) in [5.41, 5.74) is -2.37. The van der Waals surface area contributed by atoms with E-state index in [4.69, 9.17) is 23.2 Å². The van der Waals surface area contributed by atoms with Crippen molar-refractivity contribution in [2.24, 2.45) is 7.05 Å². The van der Waals surface area contributed by atoms with Crippen LogP contribution in [0.25, 0.3) is 0 Å². The van der Waals surface area contributed by atoms with Crippen molar-refractivity contribution in [1.82, 2.24) is 4.57 Å². The molecular weight excluding hydrogens is 461 g/mol. The lowest BCUT2D eigenvalue weighted by atomic mass is 10.1. The molecule has 0 saturated heterocycles. The fourth-order valence-corrected chi connectivity index (χ4v) is 3.13. The van der Waals surface area contributed by atoms with E-state index in [0.717, 1.165) is 18.2 Å². The Morgan fingerprint density at radius 2 is 1.65 bits per heavy atom. The normalized spacial score (nSPS) is 11.3. The summed E-state index contributed by atoms with van der Waals surface area (Å²) in [7, 11) is 1.43. The van der Waals surface area contributed by atoms with Gasteiger partial charge in [0.2, 0.25) is 0 Å². The number of hydrogen-bond acceptors (Lipinski definition) is 2. The molecule has 3 aromatic rings. The van der Waals surface area contributed by atoms with Crippen LogP contribution in [0.1, 0.15) is 26.4 Å². The number of carbonyl (C=O) groups is 2.